The highest BCUT2D eigenvalue weighted by atomic mass is 16.5. The summed E-state index contributed by atoms with van der Waals surface area (Å²) >= 11 is 0. The van der Waals surface area contributed by atoms with Crippen molar-refractivity contribution < 1.29 is 19.4 Å². The van der Waals surface area contributed by atoms with Gasteiger partial charge in [0, 0.05) is 18.8 Å². The third-order valence-electron chi connectivity index (χ3n) is 6.06. The number of rotatable bonds is 20. The third-order valence-corrected chi connectivity index (χ3v) is 6.06. The van der Waals surface area contributed by atoms with E-state index in [2.05, 4.69) is 23.8 Å². The Morgan fingerprint density at radius 3 is 2.03 bits per heavy atom. The molecule has 36 heavy (non-hydrogen) atoms. The van der Waals surface area contributed by atoms with Crippen molar-refractivity contribution in [1.29, 1.82) is 0 Å². The highest BCUT2D eigenvalue weighted by molar-refractivity contribution is 6.15. The normalized spacial score (nSPS) is 11.6. The van der Waals surface area contributed by atoms with E-state index in [-0.39, 0.29) is 0 Å². The molecule has 0 aliphatic rings. The lowest BCUT2D eigenvalue weighted by Gasteiger charge is -2.08. The zero-order valence-corrected chi connectivity index (χ0v) is 22.2. The fraction of sp³-hybridized carbons (Fsp3) is 0.567. The van der Waals surface area contributed by atoms with Crippen LogP contribution in [0.1, 0.15) is 96.5 Å². The summed E-state index contributed by atoms with van der Waals surface area (Å²) in [6.07, 6.45) is 18.6. The van der Waals surface area contributed by atoms with Crippen LogP contribution in [0.2, 0.25) is 0 Å². The molecule has 6 nitrogen and oxygen atoms in total. The molecule has 0 bridgehead atoms. The molecule has 0 radical (unpaired) electrons. The minimum Gasteiger partial charge on any atom is -0.490 e. The first kappa shape index (κ1) is 29.5. The number of nitrogens with zero attached hydrogens (tertiary/aromatic N) is 2. The molecular formula is C30H44N2O4. The molecule has 1 aromatic heterocycles. The SMILES string of the molecule is CCCCCCCC=C(C(=O)O)c1ccc(-c2ncc(OCCCCOCCCCCC)cn2)cc1. The van der Waals surface area contributed by atoms with Gasteiger partial charge >= 0.3 is 5.97 Å². The summed E-state index contributed by atoms with van der Waals surface area (Å²) in [5.41, 5.74) is 1.89. The Hall–Kier alpha value is -2.73. The lowest BCUT2D eigenvalue weighted by atomic mass is 10.0. The Labute approximate surface area is 217 Å². The maximum Gasteiger partial charge on any atom is 0.335 e. The Morgan fingerprint density at radius 2 is 1.39 bits per heavy atom. The second-order valence-corrected chi connectivity index (χ2v) is 9.17. The molecule has 1 N–H and O–H groups in total. The van der Waals surface area contributed by atoms with Crippen LogP contribution in [0.25, 0.3) is 17.0 Å². The van der Waals surface area contributed by atoms with Crippen LogP contribution in [0, 0.1) is 0 Å². The first-order valence-electron chi connectivity index (χ1n) is 13.7. The molecular weight excluding hydrogens is 452 g/mol. The van der Waals surface area contributed by atoms with Gasteiger partial charge in [-0.1, -0.05) is 89.1 Å². The molecule has 0 saturated heterocycles. The first-order valence-corrected chi connectivity index (χ1v) is 13.7. The fourth-order valence-corrected chi connectivity index (χ4v) is 3.89. The molecule has 0 atom stereocenters. The molecule has 0 spiro atoms. The molecule has 0 unspecified atom stereocenters. The maximum absolute atomic E-state index is 11.8. The van der Waals surface area contributed by atoms with Crippen LogP contribution in [0.5, 0.6) is 5.75 Å². The highest BCUT2D eigenvalue weighted by Gasteiger charge is 2.11. The van der Waals surface area contributed by atoms with Crippen LogP contribution in [0.15, 0.2) is 42.7 Å². The van der Waals surface area contributed by atoms with Crippen molar-refractivity contribution in [3.63, 3.8) is 0 Å². The lowest BCUT2D eigenvalue weighted by Crippen LogP contribution is -2.02. The summed E-state index contributed by atoms with van der Waals surface area (Å²) in [5.74, 6) is 0.334. The van der Waals surface area contributed by atoms with Crippen molar-refractivity contribution in [2.24, 2.45) is 0 Å². The first-order chi connectivity index (χ1) is 17.7. The van der Waals surface area contributed by atoms with E-state index in [4.69, 9.17) is 9.47 Å². The Morgan fingerprint density at radius 1 is 0.806 bits per heavy atom. The van der Waals surface area contributed by atoms with E-state index >= 15 is 0 Å². The van der Waals surface area contributed by atoms with Crippen LogP contribution < -0.4 is 4.74 Å². The zero-order chi connectivity index (χ0) is 25.8. The Balaban J connectivity index is 1.76. The van der Waals surface area contributed by atoms with Gasteiger partial charge in [-0.3, -0.25) is 0 Å². The zero-order valence-electron chi connectivity index (χ0n) is 22.2. The largest absolute Gasteiger partial charge is 0.490 e. The fourth-order valence-electron chi connectivity index (χ4n) is 3.89. The number of carbonyl (C=O) groups is 1. The number of hydrogen-bond acceptors (Lipinski definition) is 5. The number of aliphatic carboxylic acids is 1. The highest BCUT2D eigenvalue weighted by Crippen LogP contribution is 2.22. The summed E-state index contributed by atoms with van der Waals surface area (Å²) in [6.45, 7) is 6.64. The van der Waals surface area contributed by atoms with Gasteiger partial charge in [-0.15, -0.1) is 0 Å². The average Bonchev–Trinajstić information content (AvgIpc) is 2.90. The number of allylic oxidation sites excluding steroid dienone is 1. The van der Waals surface area contributed by atoms with Crippen LogP contribution >= 0.6 is 0 Å². The van der Waals surface area contributed by atoms with Crippen LogP contribution in [-0.2, 0) is 9.53 Å². The second-order valence-electron chi connectivity index (χ2n) is 9.17. The molecule has 6 heteroatoms. The monoisotopic (exact) mass is 496 g/mol. The number of ether oxygens (including phenoxy) is 2. The van der Waals surface area contributed by atoms with Crippen molar-refractivity contribution >= 4 is 11.5 Å². The Kier molecular flexibility index (Phi) is 15.2. The van der Waals surface area contributed by atoms with E-state index in [1.807, 2.05) is 30.3 Å². The second kappa shape index (κ2) is 18.5. The van der Waals surface area contributed by atoms with Crippen molar-refractivity contribution in [2.45, 2.75) is 90.9 Å². The van der Waals surface area contributed by atoms with Crippen molar-refractivity contribution in [1.82, 2.24) is 9.97 Å². The lowest BCUT2D eigenvalue weighted by molar-refractivity contribution is -0.130. The molecule has 0 saturated carbocycles. The summed E-state index contributed by atoms with van der Waals surface area (Å²) in [4.78, 5) is 20.6. The topological polar surface area (TPSA) is 81.5 Å². The molecule has 1 heterocycles. The predicted octanol–water partition coefficient (Wildman–Crippen LogP) is 7.73. The van der Waals surface area contributed by atoms with Crippen molar-refractivity contribution in [3.05, 3.63) is 48.3 Å². The molecule has 2 rings (SSSR count). The van der Waals surface area contributed by atoms with Gasteiger partial charge in [-0.25, -0.2) is 14.8 Å². The van der Waals surface area contributed by atoms with E-state index in [1.54, 1.807) is 12.4 Å². The van der Waals surface area contributed by atoms with E-state index in [1.165, 1.54) is 38.5 Å². The van der Waals surface area contributed by atoms with Crippen LogP contribution in [-0.4, -0.2) is 40.9 Å². The van der Waals surface area contributed by atoms with Gasteiger partial charge in [0.15, 0.2) is 11.6 Å². The number of carboxylic acids is 1. The van der Waals surface area contributed by atoms with Gasteiger partial charge in [-0.05, 0) is 37.7 Å². The smallest absolute Gasteiger partial charge is 0.335 e. The van der Waals surface area contributed by atoms with Gasteiger partial charge in [-0.2, -0.15) is 0 Å². The third kappa shape index (κ3) is 11.8. The number of hydrogen-bond donors (Lipinski definition) is 1. The van der Waals surface area contributed by atoms with E-state index in [0.29, 0.717) is 29.3 Å². The summed E-state index contributed by atoms with van der Waals surface area (Å²) in [5, 5.41) is 9.64. The minimum absolute atomic E-state index is 0.351. The van der Waals surface area contributed by atoms with Gasteiger partial charge in [0.05, 0.1) is 24.6 Å². The van der Waals surface area contributed by atoms with E-state index in [0.717, 1.165) is 57.3 Å². The van der Waals surface area contributed by atoms with Gasteiger partial charge in [0.2, 0.25) is 0 Å². The molecule has 0 aliphatic carbocycles. The Bertz CT molecular complexity index is 879. The van der Waals surface area contributed by atoms with Crippen molar-refractivity contribution in [2.75, 3.05) is 19.8 Å². The van der Waals surface area contributed by atoms with E-state index in [9.17, 15) is 9.90 Å². The molecule has 198 valence electrons. The number of aromatic nitrogens is 2. The number of carboxylic acid groups (broad SMARTS) is 1. The summed E-state index contributed by atoms with van der Waals surface area (Å²) in [6, 6.07) is 7.38. The molecule has 2 aromatic rings. The van der Waals surface area contributed by atoms with E-state index < -0.39 is 5.97 Å². The number of benzene rings is 1. The predicted molar refractivity (Wildman–Crippen MR) is 146 cm³/mol. The quantitative estimate of drug-likeness (QED) is 0.149. The minimum atomic E-state index is -0.896. The molecule has 0 amide bonds. The summed E-state index contributed by atoms with van der Waals surface area (Å²) < 4.78 is 11.4. The van der Waals surface area contributed by atoms with Crippen LogP contribution in [0.4, 0.5) is 0 Å². The van der Waals surface area contributed by atoms with Gasteiger partial charge in [0.1, 0.15) is 0 Å². The van der Waals surface area contributed by atoms with Gasteiger partial charge in [0.25, 0.3) is 0 Å². The number of unbranched alkanes of at least 4 members (excludes halogenated alkanes) is 9. The van der Waals surface area contributed by atoms with Crippen molar-refractivity contribution in [3.8, 4) is 17.1 Å². The van der Waals surface area contributed by atoms with Gasteiger partial charge < -0.3 is 14.6 Å². The summed E-state index contributed by atoms with van der Waals surface area (Å²) in [7, 11) is 0. The molecule has 1 aromatic carbocycles. The standard InChI is InChI=1S/C30H44N2O4/c1-3-5-7-9-10-11-15-28(30(33)34)25-16-18-26(19-17-25)29-31-23-27(24-32-29)36-22-14-13-21-35-20-12-8-6-4-2/h15-19,23-24H,3-14,20-22H2,1-2H3,(H,33,34). The molecule has 0 fully saturated rings. The molecule has 0 aliphatic heterocycles. The average molecular weight is 497 g/mol. The maximum atomic E-state index is 11.8. The van der Waals surface area contributed by atoms with Crippen LogP contribution in [0.3, 0.4) is 0 Å².